The number of aromatic nitrogens is 1. The molecule has 0 atom stereocenters. The van der Waals surface area contributed by atoms with Crippen molar-refractivity contribution in [1.29, 1.82) is 0 Å². The van der Waals surface area contributed by atoms with E-state index in [-0.39, 0.29) is 49.6 Å². The molecule has 5 aromatic rings. The monoisotopic (exact) mass is 471 g/mol. The van der Waals surface area contributed by atoms with Crippen molar-refractivity contribution in [3.63, 3.8) is 0 Å². The second-order valence-electron chi connectivity index (χ2n) is 9.12. The number of benzene rings is 4. The van der Waals surface area contributed by atoms with Gasteiger partial charge in [0.05, 0.1) is 21.5 Å². The number of phenols is 2. The van der Waals surface area contributed by atoms with Crippen molar-refractivity contribution in [2.45, 2.75) is 52.0 Å². The van der Waals surface area contributed by atoms with Crippen LogP contribution >= 0.6 is 0 Å². The highest BCUT2D eigenvalue weighted by Gasteiger charge is 2.23. The van der Waals surface area contributed by atoms with Crippen LogP contribution in [0.3, 0.4) is 0 Å². The van der Waals surface area contributed by atoms with Crippen LogP contribution in [0.1, 0.15) is 45.4 Å². The van der Waals surface area contributed by atoms with Crippen LogP contribution in [0.4, 0.5) is 0 Å². The summed E-state index contributed by atoms with van der Waals surface area (Å²) in [5.41, 5.74) is -2.33. The fourth-order valence-corrected chi connectivity index (χ4v) is 5.08. The standard InChI is InChI=1S/C28H25NO6/c1-2-3-4-5-6-9-12-29-27(34)19-13-17-18(14-20(19)28(29)35)26(33)22-21(25(17)32)23(30)15-10-7-8-11-16(15)24(22)31/h7-8,10-11,13-14,30-31H,2-6,9,12H2,1H3. The predicted octanol–water partition coefficient (Wildman–Crippen LogP) is 4.19. The molecule has 0 radical (unpaired) electrons. The van der Waals surface area contributed by atoms with Gasteiger partial charge >= 0.3 is 0 Å². The molecule has 0 aliphatic rings. The van der Waals surface area contributed by atoms with Crippen molar-refractivity contribution in [3.8, 4) is 11.5 Å². The Balaban J connectivity index is 1.73. The van der Waals surface area contributed by atoms with Crippen molar-refractivity contribution in [2.24, 2.45) is 0 Å². The van der Waals surface area contributed by atoms with E-state index in [0.717, 1.165) is 32.1 Å². The first kappa shape index (κ1) is 22.8. The normalized spacial score (nSPS) is 11.9. The molecule has 35 heavy (non-hydrogen) atoms. The predicted molar refractivity (Wildman–Crippen MR) is 139 cm³/mol. The van der Waals surface area contributed by atoms with Gasteiger partial charge in [0.1, 0.15) is 11.5 Å². The quantitative estimate of drug-likeness (QED) is 0.209. The maximum atomic E-state index is 13.4. The van der Waals surface area contributed by atoms with Crippen LogP contribution in [0.5, 0.6) is 11.5 Å². The maximum Gasteiger partial charge on any atom is 0.261 e. The molecule has 0 aliphatic heterocycles. The van der Waals surface area contributed by atoms with E-state index < -0.39 is 33.5 Å². The first-order chi connectivity index (χ1) is 16.9. The van der Waals surface area contributed by atoms with Gasteiger partial charge in [-0.3, -0.25) is 23.7 Å². The van der Waals surface area contributed by atoms with Gasteiger partial charge in [0, 0.05) is 28.1 Å². The van der Waals surface area contributed by atoms with Gasteiger partial charge in [-0.1, -0.05) is 63.3 Å². The summed E-state index contributed by atoms with van der Waals surface area (Å²) in [6, 6.07) is 8.94. The molecule has 0 unspecified atom stereocenters. The number of hydrogen-bond acceptors (Lipinski definition) is 6. The van der Waals surface area contributed by atoms with Crippen LogP contribution in [0.2, 0.25) is 0 Å². The molecule has 1 aromatic heterocycles. The summed E-state index contributed by atoms with van der Waals surface area (Å²) < 4.78 is 1.17. The number of phenolic OH excluding ortho intramolecular Hbond substituents is 2. The molecule has 0 saturated carbocycles. The first-order valence-electron chi connectivity index (χ1n) is 12.0. The second-order valence-corrected chi connectivity index (χ2v) is 9.12. The summed E-state index contributed by atoms with van der Waals surface area (Å²) in [6.45, 7) is 2.41. The highest BCUT2D eigenvalue weighted by atomic mass is 16.3. The van der Waals surface area contributed by atoms with E-state index in [0.29, 0.717) is 6.42 Å². The molecule has 5 rings (SSSR count). The maximum absolute atomic E-state index is 13.4. The number of unbranched alkanes of at least 4 members (excludes halogenated alkanes) is 5. The Morgan fingerprint density at radius 2 is 1.09 bits per heavy atom. The van der Waals surface area contributed by atoms with E-state index >= 15 is 0 Å². The van der Waals surface area contributed by atoms with Gasteiger partial charge in [-0.15, -0.1) is 0 Å². The van der Waals surface area contributed by atoms with Crippen LogP contribution in [-0.2, 0) is 6.54 Å². The largest absolute Gasteiger partial charge is 0.506 e. The zero-order chi connectivity index (χ0) is 24.9. The van der Waals surface area contributed by atoms with E-state index in [1.54, 1.807) is 24.3 Å². The third-order valence-corrected chi connectivity index (χ3v) is 6.95. The highest BCUT2D eigenvalue weighted by Crippen LogP contribution is 2.39. The number of fused-ring (bicyclic) bond motifs is 4. The first-order valence-corrected chi connectivity index (χ1v) is 12.0. The molecule has 0 aliphatic carbocycles. The van der Waals surface area contributed by atoms with Crippen molar-refractivity contribution in [3.05, 3.63) is 77.6 Å². The Bertz CT molecular complexity index is 1710. The Labute approximate surface area is 199 Å². The second kappa shape index (κ2) is 8.65. The van der Waals surface area contributed by atoms with Crippen molar-refractivity contribution in [1.82, 2.24) is 4.57 Å². The van der Waals surface area contributed by atoms with E-state index in [1.807, 2.05) is 0 Å². The molecule has 0 amide bonds. The topological polar surface area (TPSA) is 114 Å². The van der Waals surface area contributed by atoms with Gasteiger partial charge in [0.2, 0.25) is 0 Å². The molecular formula is C28H25NO6. The molecule has 178 valence electrons. The Kier molecular flexibility index (Phi) is 5.63. The lowest BCUT2D eigenvalue weighted by atomic mass is 9.95. The molecule has 1 heterocycles. The minimum atomic E-state index is -0.675. The number of nitrogens with zero attached hydrogens (tertiary/aromatic N) is 1. The van der Waals surface area contributed by atoms with Crippen LogP contribution in [0.15, 0.2) is 55.6 Å². The SMILES string of the molecule is CCCCCCCCn1c(=O)c2cc3c(=O)c4c(O)c5ccccc5c(O)c4c(=O)c3cc2c1=O. The lowest BCUT2D eigenvalue weighted by Crippen LogP contribution is -2.25. The van der Waals surface area contributed by atoms with Gasteiger partial charge in [-0.2, -0.15) is 0 Å². The molecule has 0 saturated heterocycles. The highest BCUT2D eigenvalue weighted by molar-refractivity contribution is 6.15. The fraction of sp³-hybridized carbons (Fsp3) is 0.286. The van der Waals surface area contributed by atoms with Crippen molar-refractivity contribution < 1.29 is 10.2 Å². The number of aromatic hydroxyl groups is 2. The summed E-state index contributed by atoms with van der Waals surface area (Å²) in [4.78, 5) is 52.8. The van der Waals surface area contributed by atoms with Crippen molar-refractivity contribution >= 4 is 43.1 Å². The van der Waals surface area contributed by atoms with E-state index in [2.05, 4.69) is 6.92 Å². The van der Waals surface area contributed by atoms with E-state index in [4.69, 9.17) is 0 Å². The van der Waals surface area contributed by atoms with Crippen molar-refractivity contribution in [2.75, 3.05) is 0 Å². The zero-order valence-corrected chi connectivity index (χ0v) is 19.4. The molecule has 4 aromatic carbocycles. The molecule has 0 spiro atoms. The van der Waals surface area contributed by atoms with E-state index in [9.17, 15) is 29.4 Å². The van der Waals surface area contributed by atoms with Gasteiger partial charge in [-0.25, -0.2) is 0 Å². The van der Waals surface area contributed by atoms with Gasteiger partial charge in [-0.05, 0) is 18.6 Å². The molecule has 0 fully saturated rings. The number of rotatable bonds is 7. The van der Waals surface area contributed by atoms with Crippen LogP contribution in [0, 0.1) is 0 Å². The molecule has 2 N–H and O–H groups in total. The third kappa shape index (κ3) is 3.41. The summed E-state index contributed by atoms with van der Waals surface area (Å²) >= 11 is 0. The Hall–Kier alpha value is -4.00. The lowest BCUT2D eigenvalue weighted by molar-refractivity contribution is 0.478. The Morgan fingerprint density at radius 1 is 0.629 bits per heavy atom. The van der Waals surface area contributed by atoms with Crippen LogP contribution < -0.4 is 22.0 Å². The average molecular weight is 472 g/mol. The summed E-state index contributed by atoms with van der Waals surface area (Å²) in [5, 5.41) is 21.6. The summed E-state index contributed by atoms with van der Waals surface area (Å²) in [5.74, 6) is -0.796. The van der Waals surface area contributed by atoms with Gasteiger partial charge in [0.15, 0.2) is 10.9 Å². The average Bonchev–Trinajstić information content (AvgIpc) is 3.10. The van der Waals surface area contributed by atoms with Crippen LogP contribution in [0.25, 0.3) is 43.1 Å². The summed E-state index contributed by atoms with van der Waals surface area (Å²) in [7, 11) is 0. The van der Waals surface area contributed by atoms with E-state index in [1.165, 1.54) is 16.7 Å². The zero-order valence-electron chi connectivity index (χ0n) is 19.4. The molecule has 7 nitrogen and oxygen atoms in total. The van der Waals surface area contributed by atoms with Gasteiger partial charge in [0.25, 0.3) is 11.1 Å². The fourth-order valence-electron chi connectivity index (χ4n) is 5.08. The third-order valence-electron chi connectivity index (χ3n) is 6.95. The lowest BCUT2D eigenvalue weighted by Gasteiger charge is -2.09. The molecule has 0 bridgehead atoms. The van der Waals surface area contributed by atoms with Crippen LogP contribution in [-0.4, -0.2) is 14.8 Å². The number of hydrogen-bond donors (Lipinski definition) is 2. The molecular weight excluding hydrogens is 446 g/mol. The summed E-state index contributed by atoms with van der Waals surface area (Å²) in [6.07, 6.45) is 6.03. The minimum Gasteiger partial charge on any atom is -0.506 e. The smallest absolute Gasteiger partial charge is 0.261 e. The minimum absolute atomic E-state index is 0.0613. The Morgan fingerprint density at radius 3 is 1.57 bits per heavy atom. The molecule has 7 heteroatoms. The van der Waals surface area contributed by atoms with Gasteiger partial charge < -0.3 is 10.2 Å².